The maximum absolute atomic E-state index is 12.0. The molecule has 9 heteroatoms. The van der Waals surface area contributed by atoms with Gasteiger partial charge in [-0.2, -0.15) is 5.10 Å². The molecule has 0 heterocycles. The Labute approximate surface area is 174 Å². The lowest BCUT2D eigenvalue weighted by Gasteiger charge is -2.11. The summed E-state index contributed by atoms with van der Waals surface area (Å²) in [6.07, 6.45) is 1.46. The molecule has 2 aromatic carbocycles. The van der Waals surface area contributed by atoms with Crippen molar-refractivity contribution in [3.8, 4) is 17.2 Å². The first-order valence-corrected chi connectivity index (χ1v) is 9.59. The zero-order valence-electron chi connectivity index (χ0n) is 14.8. The van der Waals surface area contributed by atoms with Crippen molar-refractivity contribution in [2.75, 3.05) is 25.6 Å². The van der Waals surface area contributed by atoms with Crippen LogP contribution < -0.4 is 20.2 Å². The van der Waals surface area contributed by atoms with Crippen LogP contribution in [0.4, 0.5) is 5.69 Å². The minimum atomic E-state index is -0.323. The van der Waals surface area contributed by atoms with E-state index in [2.05, 4.69) is 47.7 Å². The van der Waals surface area contributed by atoms with Crippen LogP contribution in [0.5, 0.6) is 17.2 Å². The lowest BCUT2D eigenvalue weighted by molar-refractivity contribution is -0.119. The highest BCUT2D eigenvalue weighted by Crippen LogP contribution is 2.41. The number of nitrogens with one attached hydrogen (secondary N) is 2. The van der Waals surface area contributed by atoms with Gasteiger partial charge in [-0.15, -0.1) is 0 Å². The number of para-hydroxylation sites is 2. The molecule has 0 aromatic heterocycles. The molecule has 0 atom stereocenters. The first-order valence-electron chi connectivity index (χ1n) is 8.00. The lowest BCUT2D eigenvalue weighted by Crippen LogP contribution is -2.26. The molecule has 0 aliphatic heterocycles. The summed E-state index contributed by atoms with van der Waals surface area (Å²) < 4.78 is 11.6. The largest absolute Gasteiger partial charge is 0.503 e. The molecule has 0 saturated heterocycles. The molecule has 2 rings (SSSR count). The zero-order chi connectivity index (χ0) is 19.8. The second kappa shape index (κ2) is 10.2. The first kappa shape index (κ1) is 21.0. The fraction of sp³-hybridized carbons (Fsp3) is 0.222. The Kier molecular flexibility index (Phi) is 7.93. The molecule has 0 bridgehead atoms. The summed E-state index contributed by atoms with van der Waals surface area (Å²) in [6, 6.07) is 8.93. The van der Waals surface area contributed by atoms with Crippen LogP contribution in [-0.2, 0) is 4.79 Å². The summed E-state index contributed by atoms with van der Waals surface area (Å²) in [7, 11) is 1.56. The molecule has 3 N–H and O–H groups in total. The average Bonchev–Trinajstić information content (AvgIpc) is 2.68. The maximum atomic E-state index is 12.0. The van der Waals surface area contributed by atoms with Crippen molar-refractivity contribution in [1.82, 2.24) is 5.43 Å². The van der Waals surface area contributed by atoms with Crippen molar-refractivity contribution in [2.24, 2.45) is 5.10 Å². The number of ether oxygens (including phenoxy) is 2. The van der Waals surface area contributed by atoms with Gasteiger partial charge in [0.05, 0.1) is 36.6 Å². The number of anilines is 1. The highest BCUT2D eigenvalue weighted by molar-refractivity contribution is 9.13. The van der Waals surface area contributed by atoms with E-state index in [4.69, 9.17) is 9.47 Å². The van der Waals surface area contributed by atoms with Gasteiger partial charge in [0.25, 0.3) is 5.91 Å². The Hall–Kier alpha value is -2.26. The van der Waals surface area contributed by atoms with Crippen molar-refractivity contribution < 1.29 is 19.4 Å². The van der Waals surface area contributed by atoms with E-state index in [-0.39, 0.29) is 18.2 Å². The van der Waals surface area contributed by atoms with E-state index < -0.39 is 0 Å². The van der Waals surface area contributed by atoms with Crippen LogP contribution in [0.15, 0.2) is 44.4 Å². The molecule has 27 heavy (non-hydrogen) atoms. The number of phenolic OH excluding ortho intramolecular Hbond substituents is 1. The van der Waals surface area contributed by atoms with E-state index in [1.54, 1.807) is 19.2 Å². The molecule has 1 amide bonds. The number of benzene rings is 2. The number of halogens is 2. The predicted molar refractivity (Wildman–Crippen MR) is 112 cm³/mol. The average molecular weight is 501 g/mol. The van der Waals surface area contributed by atoms with Gasteiger partial charge in [-0.05, 0) is 57.0 Å². The second-order valence-corrected chi connectivity index (χ2v) is 6.81. The Bertz CT molecular complexity index is 844. The van der Waals surface area contributed by atoms with E-state index in [0.29, 0.717) is 38.3 Å². The first-order chi connectivity index (χ1) is 13.0. The summed E-state index contributed by atoms with van der Waals surface area (Å²) >= 11 is 6.66. The van der Waals surface area contributed by atoms with Gasteiger partial charge < -0.3 is 19.9 Å². The van der Waals surface area contributed by atoms with Crippen molar-refractivity contribution in [2.45, 2.75) is 6.92 Å². The number of hydrogen-bond donors (Lipinski definition) is 3. The van der Waals surface area contributed by atoms with Crippen LogP contribution >= 0.6 is 31.9 Å². The standard InChI is InChI=1S/C18H19Br2N3O4/c1-3-27-14-8-11(16(19)17(20)18(14)25)9-22-23-15(24)10-21-12-6-4-5-7-13(12)26-2/h4-9,21,25H,3,10H2,1-2H3,(H,23,24). The third-order valence-electron chi connectivity index (χ3n) is 3.41. The van der Waals surface area contributed by atoms with E-state index >= 15 is 0 Å². The number of carbonyl (C=O) groups excluding carboxylic acids is 1. The van der Waals surface area contributed by atoms with Gasteiger partial charge in [-0.1, -0.05) is 12.1 Å². The molecule has 0 radical (unpaired) electrons. The van der Waals surface area contributed by atoms with Crippen molar-refractivity contribution in [1.29, 1.82) is 0 Å². The molecule has 0 spiro atoms. The molecule has 0 saturated carbocycles. The Morgan fingerprint density at radius 1 is 1.26 bits per heavy atom. The molecule has 0 aliphatic carbocycles. The number of methoxy groups -OCH3 is 1. The zero-order valence-corrected chi connectivity index (χ0v) is 17.9. The van der Waals surface area contributed by atoms with Gasteiger partial charge in [-0.25, -0.2) is 5.43 Å². The minimum Gasteiger partial charge on any atom is -0.503 e. The minimum absolute atomic E-state index is 0.00841. The number of carbonyl (C=O) groups is 1. The van der Waals surface area contributed by atoms with Crippen molar-refractivity contribution in [3.63, 3.8) is 0 Å². The Morgan fingerprint density at radius 2 is 2.00 bits per heavy atom. The smallest absolute Gasteiger partial charge is 0.259 e. The van der Waals surface area contributed by atoms with Gasteiger partial charge >= 0.3 is 0 Å². The summed E-state index contributed by atoms with van der Waals surface area (Å²) in [5, 5.41) is 17.0. The number of nitrogens with zero attached hydrogens (tertiary/aromatic N) is 1. The summed E-state index contributed by atoms with van der Waals surface area (Å²) in [6.45, 7) is 2.25. The van der Waals surface area contributed by atoms with Gasteiger partial charge in [0.15, 0.2) is 11.5 Å². The maximum Gasteiger partial charge on any atom is 0.259 e. The normalized spacial score (nSPS) is 10.7. The van der Waals surface area contributed by atoms with Crippen LogP contribution in [0.25, 0.3) is 0 Å². The van der Waals surface area contributed by atoms with Gasteiger partial charge in [0, 0.05) is 10.0 Å². The summed E-state index contributed by atoms with van der Waals surface area (Å²) in [5.41, 5.74) is 3.78. The van der Waals surface area contributed by atoms with E-state index in [1.807, 2.05) is 25.1 Å². The third-order valence-corrected chi connectivity index (χ3v) is 5.57. The SMILES string of the molecule is CCOc1cc(C=NNC(=O)CNc2ccccc2OC)c(Br)c(Br)c1O. The number of aromatic hydroxyl groups is 1. The van der Waals surface area contributed by atoms with Crippen LogP contribution in [0.3, 0.4) is 0 Å². The fourth-order valence-electron chi connectivity index (χ4n) is 2.15. The van der Waals surface area contributed by atoms with Crippen molar-refractivity contribution >= 4 is 49.7 Å². The molecular weight excluding hydrogens is 482 g/mol. The third kappa shape index (κ3) is 5.61. The molecule has 7 nitrogen and oxygen atoms in total. The van der Waals surface area contributed by atoms with Crippen LogP contribution in [0, 0.1) is 0 Å². The summed E-state index contributed by atoms with van der Waals surface area (Å²) in [5.74, 6) is 0.635. The van der Waals surface area contributed by atoms with Crippen LogP contribution in [0.1, 0.15) is 12.5 Å². The topological polar surface area (TPSA) is 92.2 Å². The molecule has 0 unspecified atom stereocenters. The highest BCUT2D eigenvalue weighted by atomic mass is 79.9. The van der Waals surface area contributed by atoms with Gasteiger partial charge in [0.2, 0.25) is 0 Å². The molecule has 0 aliphatic rings. The molecule has 144 valence electrons. The molecule has 0 fully saturated rings. The van der Waals surface area contributed by atoms with E-state index in [0.717, 1.165) is 0 Å². The second-order valence-electron chi connectivity index (χ2n) is 5.22. The lowest BCUT2D eigenvalue weighted by atomic mass is 10.2. The van der Waals surface area contributed by atoms with E-state index in [1.165, 1.54) is 6.21 Å². The van der Waals surface area contributed by atoms with Crippen molar-refractivity contribution in [3.05, 3.63) is 44.8 Å². The van der Waals surface area contributed by atoms with Crippen LogP contribution in [-0.4, -0.2) is 37.5 Å². The predicted octanol–water partition coefficient (Wildman–Crippen LogP) is 3.89. The van der Waals surface area contributed by atoms with Gasteiger partial charge in [-0.3, -0.25) is 4.79 Å². The molecule has 2 aromatic rings. The van der Waals surface area contributed by atoms with E-state index in [9.17, 15) is 9.90 Å². The fourth-order valence-corrected chi connectivity index (χ4v) is 2.98. The Morgan fingerprint density at radius 3 is 2.70 bits per heavy atom. The number of amides is 1. The van der Waals surface area contributed by atoms with Crippen LogP contribution in [0.2, 0.25) is 0 Å². The number of hydrogen-bond acceptors (Lipinski definition) is 6. The monoisotopic (exact) mass is 499 g/mol. The quantitative estimate of drug-likeness (QED) is 0.378. The number of phenols is 1. The Balaban J connectivity index is 1.99. The highest BCUT2D eigenvalue weighted by Gasteiger charge is 2.14. The number of rotatable bonds is 8. The van der Waals surface area contributed by atoms with Gasteiger partial charge in [0.1, 0.15) is 5.75 Å². The molecular formula is C18H19Br2N3O4. The number of hydrazone groups is 1. The summed E-state index contributed by atoms with van der Waals surface area (Å²) in [4.78, 5) is 12.0.